The lowest BCUT2D eigenvalue weighted by Crippen LogP contribution is -2.16. The van der Waals surface area contributed by atoms with Crippen LogP contribution in [0.3, 0.4) is 0 Å². The first-order chi connectivity index (χ1) is 9.78. The van der Waals surface area contributed by atoms with E-state index < -0.39 is 0 Å². The van der Waals surface area contributed by atoms with Crippen molar-refractivity contribution in [1.82, 2.24) is 9.55 Å². The van der Waals surface area contributed by atoms with Crippen molar-refractivity contribution >= 4 is 38.6 Å². The molecule has 1 heterocycles. The SMILES string of the molecule is ClCCc1nc2cc(Br)ccc2n1C(C1CC1)C1CC1. The van der Waals surface area contributed by atoms with Gasteiger partial charge in [0.05, 0.1) is 11.0 Å². The van der Waals surface area contributed by atoms with Gasteiger partial charge in [0.2, 0.25) is 0 Å². The molecule has 0 saturated heterocycles. The molecule has 4 heteroatoms. The molecule has 106 valence electrons. The number of imidazole rings is 1. The summed E-state index contributed by atoms with van der Waals surface area (Å²) in [6.45, 7) is 0. The van der Waals surface area contributed by atoms with Gasteiger partial charge in [0.1, 0.15) is 5.82 Å². The van der Waals surface area contributed by atoms with Gasteiger partial charge in [-0.3, -0.25) is 0 Å². The summed E-state index contributed by atoms with van der Waals surface area (Å²) in [6.07, 6.45) is 6.41. The predicted octanol–water partition coefficient (Wildman–Crippen LogP) is 4.94. The van der Waals surface area contributed by atoms with Gasteiger partial charge < -0.3 is 4.57 Å². The Kier molecular flexibility index (Phi) is 3.30. The summed E-state index contributed by atoms with van der Waals surface area (Å²) in [5, 5.41) is 0. The minimum absolute atomic E-state index is 0.645. The maximum absolute atomic E-state index is 6.00. The molecule has 2 aliphatic carbocycles. The van der Waals surface area contributed by atoms with Crippen LogP contribution in [-0.4, -0.2) is 15.4 Å². The van der Waals surface area contributed by atoms with Crippen molar-refractivity contribution < 1.29 is 0 Å². The van der Waals surface area contributed by atoms with Gasteiger partial charge in [0.15, 0.2) is 0 Å². The first-order valence-corrected chi connectivity index (χ1v) is 8.83. The van der Waals surface area contributed by atoms with E-state index in [1.165, 1.54) is 37.0 Å². The third-order valence-corrected chi connectivity index (χ3v) is 5.23. The maximum atomic E-state index is 6.00. The Morgan fingerprint density at radius 2 is 1.95 bits per heavy atom. The van der Waals surface area contributed by atoms with Gasteiger partial charge in [-0.2, -0.15) is 0 Å². The Balaban J connectivity index is 1.87. The van der Waals surface area contributed by atoms with Crippen molar-refractivity contribution in [1.29, 1.82) is 0 Å². The zero-order valence-electron chi connectivity index (χ0n) is 11.4. The third kappa shape index (κ3) is 2.29. The lowest BCUT2D eigenvalue weighted by molar-refractivity contribution is 0.393. The van der Waals surface area contributed by atoms with E-state index in [1.807, 2.05) is 0 Å². The van der Waals surface area contributed by atoms with E-state index in [0.29, 0.717) is 11.9 Å². The first kappa shape index (κ1) is 13.1. The van der Waals surface area contributed by atoms with E-state index >= 15 is 0 Å². The van der Waals surface area contributed by atoms with Gasteiger partial charge in [-0.25, -0.2) is 4.98 Å². The number of hydrogen-bond donors (Lipinski definition) is 0. The van der Waals surface area contributed by atoms with Crippen molar-refractivity contribution in [3.63, 3.8) is 0 Å². The van der Waals surface area contributed by atoms with E-state index in [4.69, 9.17) is 16.6 Å². The molecule has 0 N–H and O–H groups in total. The van der Waals surface area contributed by atoms with Gasteiger partial charge in [0.25, 0.3) is 0 Å². The van der Waals surface area contributed by atoms with E-state index in [2.05, 4.69) is 38.7 Å². The molecule has 0 unspecified atom stereocenters. The van der Waals surface area contributed by atoms with Crippen molar-refractivity contribution in [3.05, 3.63) is 28.5 Å². The summed E-state index contributed by atoms with van der Waals surface area (Å²) in [5.74, 6) is 3.57. The van der Waals surface area contributed by atoms with Crippen LogP contribution in [0.15, 0.2) is 22.7 Å². The summed E-state index contributed by atoms with van der Waals surface area (Å²) in [6, 6.07) is 7.13. The first-order valence-electron chi connectivity index (χ1n) is 7.50. The van der Waals surface area contributed by atoms with Crippen LogP contribution in [0.1, 0.15) is 37.5 Å². The molecule has 2 aliphatic rings. The van der Waals surface area contributed by atoms with Crippen molar-refractivity contribution in [2.45, 2.75) is 38.1 Å². The second-order valence-corrected chi connectivity index (χ2v) is 7.43. The molecule has 0 radical (unpaired) electrons. The number of halogens is 2. The molecule has 1 aromatic heterocycles. The Bertz CT molecular complexity index is 631. The van der Waals surface area contributed by atoms with E-state index in [-0.39, 0.29) is 0 Å². The molecule has 0 atom stereocenters. The molecular formula is C16H18BrClN2. The van der Waals surface area contributed by atoms with Crippen molar-refractivity contribution in [3.8, 4) is 0 Å². The number of aromatic nitrogens is 2. The molecule has 0 bridgehead atoms. The minimum Gasteiger partial charge on any atom is -0.324 e. The second kappa shape index (κ2) is 5.03. The van der Waals surface area contributed by atoms with E-state index in [1.54, 1.807) is 0 Å². The van der Waals surface area contributed by atoms with Crippen LogP contribution in [-0.2, 0) is 6.42 Å². The Morgan fingerprint density at radius 1 is 1.25 bits per heavy atom. The fraction of sp³-hybridized carbons (Fsp3) is 0.562. The summed E-state index contributed by atoms with van der Waals surface area (Å²) < 4.78 is 3.63. The summed E-state index contributed by atoms with van der Waals surface area (Å²) in [7, 11) is 0. The maximum Gasteiger partial charge on any atom is 0.111 e. The smallest absolute Gasteiger partial charge is 0.111 e. The van der Waals surface area contributed by atoms with Gasteiger partial charge in [0, 0.05) is 22.8 Å². The fourth-order valence-corrected chi connectivity index (χ4v) is 3.92. The molecule has 1 aromatic carbocycles. The molecule has 4 rings (SSSR count). The van der Waals surface area contributed by atoms with Crippen LogP contribution < -0.4 is 0 Å². The largest absolute Gasteiger partial charge is 0.324 e. The Labute approximate surface area is 132 Å². The normalized spacial score (nSPS) is 19.1. The molecule has 0 spiro atoms. The van der Waals surface area contributed by atoms with Gasteiger partial charge in [-0.05, 0) is 55.7 Å². The molecule has 2 aromatic rings. The molecule has 0 amide bonds. The summed E-state index contributed by atoms with van der Waals surface area (Å²) in [4.78, 5) is 4.85. The van der Waals surface area contributed by atoms with Crippen molar-refractivity contribution in [2.24, 2.45) is 11.8 Å². The Morgan fingerprint density at radius 3 is 2.55 bits per heavy atom. The highest BCUT2D eigenvalue weighted by Crippen LogP contribution is 2.53. The van der Waals surface area contributed by atoms with Crippen LogP contribution in [0.5, 0.6) is 0 Å². The highest BCUT2D eigenvalue weighted by atomic mass is 79.9. The van der Waals surface area contributed by atoms with Crippen LogP contribution in [0.25, 0.3) is 11.0 Å². The molecule has 20 heavy (non-hydrogen) atoms. The van der Waals surface area contributed by atoms with Crippen molar-refractivity contribution in [2.75, 3.05) is 5.88 Å². The molecule has 2 nitrogen and oxygen atoms in total. The number of hydrogen-bond acceptors (Lipinski definition) is 1. The number of rotatable bonds is 5. The minimum atomic E-state index is 0.645. The number of alkyl halides is 1. The topological polar surface area (TPSA) is 17.8 Å². The van der Waals surface area contributed by atoms with Gasteiger partial charge >= 0.3 is 0 Å². The fourth-order valence-electron chi connectivity index (χ4n) is 3.40. The zero-order chi connectivity index (χ0) is 13.7. The Hall–Kier alpha value is -0.540. The quantitative estimate of drug-likeness (QED) is 0.696. The van der Waals surface area contributed by atoms with E-state index in [9.17, 15) is 0 Å². The van der Waals surface area contributed by atoms with Crippen LogP contribution >= 0.6 is 27.5 Å². The van der Waals surface area contributed by atoms with Crippen LogP contribution in [0.2, 0.25) is 0 Å². The molecule has 2 fully saturated rings. The standard InChI is InChI=1S/C16H18BrClN2/c17-12-5-6-14-13(9-12)19-15(7-8-18)20(14)16(10-1-2-10)11-3-4-11/h5-6,9-11,16H,1-4,7-8H2. The summed E-state index contributed by atoms with van der Waals surface area (Å²) >= 11 is 9.55. The lowest BCUT2D eigenvalue weighted by atomic mass is 10.1. The number of benzene rings is 1. The zero-order valence-corrected chi connectivity index (χ0v) is 13.7. The third-order valence-electron chi connectivity index (χ3n) is 4.55. The van der Waals surface area contributed by atoms with Crippen LogP contribution in [0, 0.1) is 11.8 Å². The number of nitrogens with zero attached hydrogens (tertiary/aromatic N) is 2. The van der Waals surface area contributed by atoms with Gasteiger partial charge in [-0.15, -0.1) is 11.6 Å². The lowest BCUT2D eigenvalue weighted by Gasteiger charge is -2.21. The molecular weight excluding hydrogens is 336 g/mol. The molecule has 0 aliphatic heterocycles. The van der Waals surface area contributed by atoms with E-state index in [0.717, 1.165) is 28.2 Å². The molecule has 2 saturated carbocycles. The summed E-state index contributed by atoms with van der Waals surface area (Å²) in [5.41, 5.74) is 2.39. The number of aryl methyl sites for hydroxylation is 1. The average molecular weight is 354 g/mol. The second-order valence-electron chi connectivity index (χ2n) is 6.14. The van der Waals surface area contributed by atoms with Gasteiger partial charge in [-0.1, -0.05) is 15.9 Å². The highest BCUT2D eigenvalue weighted by Gasteiger charge is 2.43. The highest BCUT2D eigenvalue weighted by molar-refractivity contribution is 9.10. The van der Waals surface area contributed by atoms with Crippen LogP contribution in [0.4, 0.5) is 0 Å². The monoisotopic (exact) mass is 352 g/mol. The predicted molar refractivity (Wildman–Crippen MR) is 86.3 cm³/mol. The average Bonchev–Trinajstić information content (AvgIpc) is 3.31. The number of fused-ring (bicyclic) bond motifs is 1.